The number of aromatic nitrogens is 1. The van der Waals surface area contributed by atoms with E-state index in [1.165, 1.54) is 10.6 Å². The highest BCUT2D eigenvalue weighted by Crippen LogP contribution is 2.41. The number of nitrogens with zero attached hydrogens (tertiary/aromatic N) is 2. The van der Waals surface area contributed by atoms with Crippen molar-refractivity contribution in [2.24, 2.45) is 0 Å². The van der Waals surface area contributed by atoms with Crippen molar-refractivity contribution in [3.05, 3.63) is 63.6 Å². The van der Waals surface area contributed by atoms with Crippen molar-refractivity contribution in [3.8, 4) is 11.8 Å². The molecule has 154 valence electrons. The molecule has 2 aromatic rings. The van der Waals surface area contributed by atoms with Gasteiger partial charge in [0.05, 0.1) is 30.5 Å². The molecule has 1 N–H and O–H groups in total. The van der Waals surface area contributed by atoms with Crippen LogP contribution in [0.1, 0.15) is 36.6 Å². The van der Waals surface area contributed by atoms with E-state index in [0.717, 1.165) is 6.26 Å². The van der Waals surface area contributed by atoms with Crippen LogP contribution in [0.15, 0.2) is 41.3 Å². The Balaban J connectivity index is 1.99. The molecule has 0 radical (unpaired) electrons. The molecule has 1 aliphatic heterocycles. The number of rotatable bonds is 5. The maximum Gasteiger partial charge on any atom is 0.264 e. The average Bonchev–Trinajstić information content (AvgIpc) is 2.62. The fourth-order valence-electron chi connectivity index (χ4n) is 3.37. The minimum absolute atomic E-state index is 0.0659. The molecule has 0 bridgehead atoms. The van der Waals surface area contributed by atoms with Crippen LogP contribution < -0.4 is 10.3 Å². The summed E-state index contributed by atoms with van der Waals surface area (Å²) in [5, 5.41) is 20.1. The molecule has 3 rings (SSSR count). The molecule has 0 saturated carbocycles. The molecule has 8 nitrogen and oxygen atoms in total. The van der Waals surface area contributed by atoms with E-state index in [4.69, 9.17) is 8.92 Å². The van der Waals surface area contributed by atoms with Crippen LogP contribution in [-0.2, 0) is 20.7 Å². The first-order valence-corrected chi connectivity index (χ1v) is 10.8. The van der Waals surface area contributed by atoms with Crippen LogP contribution in [0.3, 0.4) is 0 Å². The average molecular weight is 418 g/mol. The second kappa shape index (κ2) is 7.63. The van der Waals surface area contributed by atoms with Crippen LogP contribution in [-0.4, -0.2) is 42.7 Å². The fraction of sp³-hybridized carbons (Fsp3) is 0.400. The number of hydrogen-bond acceptors (Lipinski definition) is 7. The third-order valence-electron chi connectivity index (χ3n) is 4.84. The lowest BCUT2D eigenvalue weighted by Gasteiger charge is -2.42. The molecule has 1 aliphatic rings. The lowest BCUT2D eigenvalue weighted by atomic mass is 9.85. The summed E-state index contributed by atoms with van der Waals surface area (Å²) in [7, 11) is -3.55. The monoisotopic (exact) mass is 418 g/mol. The first-order chi connectivity index (χ1) is 13.5. The smallest absolute Gasteiger partial charge is 0.264 e. The number of nitriles is 1. The summed E-state index contributed by atoms with van der Waals surface area (Å²) in [5.74, 6) is 0.502. The van der Waals surface area contributed by atoms with Gasteiger partial charge in [0.1, 0.15) is 17.5 Å². The first kappa shape index (κ1) is 21.0. The van der Waals surface area contributed by atoms with Crippen LogP contribution in [0.25, 0.3) is 0 Å². The van der Waals surface area contributed by atoms with Gasteiger partial charge in [-0.25, -0.2) is 0 Å². The zero-order valence-corrected chi connectivity index (χ0v) is 17.1. The van der Waals surface area contributed by atoms with E-state index in [1.807, 2.05) is 0 Å². The topological polar surface area (TPSA) is 119 Å². The van der Waals surface area contributed by atoms with Gasteiger partial charge in [-0.3, -0.25) is 8.98 Å². The molecule has 0 spiro atoms. The van der Waals surface area contributed by atoms with Crippen molar-refractivity contribution in [3.63, 3.8) is 0 Å². The molecule has 29 heavy (non-hydrogen) atoms. The third kappa shape index (κ3) is 4.50. The van der Waals surface area contributed by atoms with Gasteiger partial charge < -0.3 is 14.4 Å². The summed E-state index contributed by atoms with van der Waals surface area (Å²) in [6.45, 7) is 3.39. The van der Waals surface area contributed by atoms with E-state index >= 15 is 0 Å². The minimum Gasteiger partial charge on any atom is -0.485 e. The Labute approximate surface area is 169 Å². The first-order valence-electron chi connectivity index (χ1n) is 8.98. The molecule has 0 fully saturated rings. The summed E-state index contributed by atoms with van der Waals surface area (Å²) in [5.41, 5.74) is 0.240. The number of aliphatic hydroxyl groups is 1. The minimum atomic E-state index is -3.55. The Morgan fingerprint density at radius 2 is 2.03 bits per heavy atom. The van der Waals surface area contributed by atoms with Crippen LogP contribution in [0.4, 0.5) is 0 Å². The van der Waals surface area contributed by atoms with E-state index in [9.17, 15) is 23.6 Å². The molecule has 2 heterocycles. The molecule has 0 saturated heterocycles. The van der Waals surface area contributed by atoms with Crippen LogP contribution >= 0.6 is 0 Å². The van der Waals surface area contributed by atoms with Gasteiger partial charge in [-0.1, -0.05) is 0 Å². The zero-order valence-electron chi connectivity index (χ0n) is 16.3. The van der Waals surface area contributed by atoms with E-state index in [1.54, 1.807) is 44.3 Å². The third-order valence-corrected chi connectivity index (χ3v) is 5.44. The Kier molecular flexibility index (Phi) is 5.54. The Bertz CT molecular complexity index is 1130. The van der Waals surface area contributed by atoms with E-state index < -0.39 is 27.9 Å². The second-order valence-electron chi connectivity index (χ2n) is 7.52. The predicted molar refractivity (Wildman–Crippen MR) is 105 cm³/mol. The highest BCUT2D eigenvalue weighted by molar-refractivity contribution is 7.85. The number of pyridine rings is 1. The molecule has 0 amide bonds. The Hall–Kier alpha value is -2.67. The van der Waals surface area contributed by atoms with E-state index in [0.29, 0.717) is 22.4 Å². The summed E-state index contributed by atoms with van der Waals surface area (Å²) in [4.78, 5) is 12.8. The fourth-order valence-corrected chi connectivity index (χ4v) is 3.75. The standard InChI is InChI=1S/C20H22N2O6S/c1-20(2)19(24)18(15-10-14(12-21)4-5-16(15)28-20)22-8-6-13(11-17(22)23)7-9-27-29(3,25)26/h4-6,8,10-11,18-19,24H,7,9H2,1-3H3/t18-,19+/m1/s1. The maximum atomic E-state index is 12.8. The Morgan fingerprint density at radius 3 is 2.66 bits per heavy atom. The molecule has 0 aliphatic carbocycles. The number of benzene rings is 1. The lowest BCUT2D eigenvalue weighted by Crippen LogP contribution is -2.52. The van der Waals surface area contributed by atoms with E-state index in [2.05, 4.69) is 6.07 Å². The van der Waals surface area contributed by atoms with Gasteiger partial charge >= 0.3 is 0 Å². The summed E-state index contributed by atoms with van der Waals surface area (Å²) >= 11 is 0. The Morgan fingerprint density at radius 1 is 1.31 bits per heavy atom. The maximum absolute atomic E-state index is 12.8. The second-order valence-corrected chi connectivity index (χ2v) is 9.16. The highest BCUT2D eigenvalue weighted by Gasteiger charge is 2.44. The van der Waals surface area contributed by atoms with Crippen LogP contribution in [0.5, 0.6) is 5.75 Å². The van der Waals surface area contributed by atoms with Gasteiger partial charge in [-0.2, -0.15) is 13.7 Å². The van der Waals surface area contributed by atoms with Crippen molar-refractivity contribution in [1.29, 1.82) is 5.26 Å². The summed E-state index contributed by atoms with van der Waals surface area (Å²) in [6.07, 6.45) is 1.73. The molecule has 0 unspecified atom stereocenters. The molecule has 2 atom stereocenters. The van der Waals surface area contributed by atoms with Crippen LogP contribution in [0, 0.1) is 11.3 Å². The van der Waals surface area contributed by atoms with Crippen molar-refractivity contribution < 1.29 is 22.4 Å². The van der Waals surface area contributed by atoms with Crippen molar-refractivity contribution in [1.82, 2.24) is 4.57 Å². The largest absolute Gasteiger partial charge is 0.485 e. The zero-order chi connectivity index (χ0) is 21.4. The lowest BCUT2D eigenvalue weighted by molar-refractivity contribution is -0.0642. The van der Waals surface area contributed by atoms with Gasteiger partial charge in [0.15, 0.2) is 0 Å². The van der Waals surface area contributed by atoms with E-state index in [-0.39, 0.29) is 18.6 Å². The highest BCUT2D eigenvalue weighted by atomic mass is 32.2. The van der Waals surface area contributed by atoms with Gasteiger partial charge in [0.2, 0.25) is 0 Å². The van der Waals surface area contributed by atoms with Crippen LogP contribution in [0.2, 0.25) is 0 Å². The van der Waals surface area contributed by atoms with Crippen molar-refractivity contribution >= 4 is 10.1 Å². The van der Waals surface area contributed by atoms with Crippen molar-refractivity contribution in [2.45, 2.75) is 38.0 Å². The SMILES string of the molecule is CC1(C)Oc2ccc(C#N)cc2[C@@H](n2ccc(CCOS(C)(=O)=O)cc2=O)[C@@H]1O. The van der Waals surface area contributed by atoms with Gasteiger partial charge in [-0.05, 0) is 50.1 Å². The number of fused-ring (bicyclic) bond motifs is 1. The molecular formula is C20H22N2O6S. The normalized spacial score (nSPS) is 20.4. The molecular weight excluding hydrogens is 396 g/mol. The number of ether oxygens (including phenoxy) is 1. The van der Waals surface area contributed by atoms with Crippen molar-refractivity contribution in [2.75, 3.05) is 12.9 Å². The van der Waals surface area contributed by atoms with Gasteiger partial charge in [0.25, 0.3) is 15.7 Å². The van der Waals surface area contributed by atoms with Gasteiger partial charge in [0, 0.05) is 17.8 Å². The summed E-state index contributed by atoms with van der Waals surface area (Å²) < 4.78 is 34.1. The number of hydrogen-bond donors (Lipinski definition) is 1. The number of aliphatic hydroxyl groups excluding tert-OH is 1. The quantitative estimate of drug-likeness (QED) is 0.728. The molecule has 9 heteroatoms. The summed E-state index contributed by atoms with van der Waals surface area (Å²) in [6, 6.07) is 9.27. The predicted octanol–water partition coefficient (Wildman–Crippen LogP) is 1.36. The van der Waals surface area contributed by atoms with Gasteiger partial charge in [-0.15, -0.1) is 0 Å². The molecule has 1 aromatic heterocycles. The molecule has 1 aromatic carbocycles.